The second kappa shape index (κ2) is 5.01. The summed E-state index contributed by atoms with van der Waals surface area (Å²) >= 11 is 5.67. The Kier molecular flexibility index (Phi) is 3.43. The molecule has 1 aromatic carbocycles. The molecule has 0 unspecified atom stereocenters. The minimum atomic E-state index is -0.492. The monoisotopic (exact) mass is 265 g/mol. The van der Waals surface area contributed by atoms with Crippen molar-refractivity contribution in [1.82, 2.24) is 4.98 Å². The number of nitrogen functional groups attached to an aromatic ring is 1. The van der Waals surface area contributed by atoms with Crippen molar-refractivity contribution < 1.29 is 9.18 Å². The first-order valence-electron chi connectivity index (χ1n) is 5.04. The van der Waals surface area contributed by atoms with Gasteiger partial charge in [-0.05, 0) is 30.3 Å². The summed E-state index contributed by atoms with van der Waals surface area (Å²) in [7, 11) is 0. The van der Waals surface area contributed by atoms with Crippen molar-refractivity contribution >= 4 is 29.0 Å². The molecule has 2 aromatic rings. The van der Waals surface area contributed by atoms with Gasteiger partial charge in [-0.15, -0.1) is 0 Å². The molecule has 0 aliphatic carbocycles. The number of rotatable bonds is 2. The summed E-state index contributed by atoms with van der Waals surface area (Å²) in [6.07, 6.45) is 1.41. The number of nitrogens with two attached hydrogens (primary N) is 1. The number of anilines is 2. The maximum atomic E-state index is 12.8. The Morgan fingerprint density at radius 1 is 1.33 bits per heavy atom. The van der Waals surface area contributed by atoms with Gasteiger partial charge in [-0.2, -0.15) is 0 Å². The van der Waals surface area contributed by atoms with Gasteiger partial charge in [0.2, 0.25) is 0 Å². The molecule has 0 aliphatic rings. The molecule has 0 saturated carbocycles. The minimum Gasteiger partial charge on any atom is -0.398 e. The Morgan fingerprint density at radius 2 is 2.11 bits per heavy atom. The summed E-state index contributed by atoms with van der Waals surface area (Å²) < 4.78 is 12.8. The molecule has 0 aliphatic heterocycles. The molecule has 0 atom stereocenters. The van der Waals surface area contributed by atoms with Gasteiger partial charge in [0.25, 0.3) is 5.91 Å². The number of aromatic nitrogens is 1. The normalized spacial score (nSPS) is 10.1. The maximum absolute atomic E-state index is 12.8. The third-order valence-corrected chi connectivity index (χ3v) is 2.45. The van der Waals surface area contributed by atoms with E-state index in [9.17, 15) is 9.18 Å². The molecule has 1 heterocycles. The predicted octanol–water partition coefficient (Wildman–Crippen LogP) is 2.71. The molecule has 2 rings (SSSR count). The van der Waals surface area contributed by atoms with Crippen LogP contribution in [0.3, 0.4) is 0 Å². The number of hydrogen-bond donors (Lipinski definition) is 2. The van der Waals surface area contributed by atoms with Gasteiger partial charge < -0.3 is 11.1 Å². The number of nitrogens with zero attached hydrogens (tertiary/aromatic N) is 1. The van der Waals surface area contributed by atoms with Gasteiger partial charge in [0.05, 0.1) is 10.6 Å². The molecule has 1 amide bonds. The van der Waals surface area contributed by atoms with Crippen LogP contribution in [0.2, 0.25) is 5.02 Å². The van der Waals surface area contributed by atoms with Gasteiger partial charge in [-0.1, -0.05) is 11.6 Å². The topological polar surface area (TPSA) is 68.0 Å². The van der Waals surface area contributed by atoms with Crippen LogP contribution in [-0.2, 0) is 0 Å². The van der Waals surface area contributed by atoms with E-state index in [4.69, 9.17) is 17.3 Å². The highest BCUT2D eigenvalue weighted by molar-refractivity contribution is 6.30. The second-order valence-electron chi connectivity index (χ2n) is 3.55. The summed E-state index contributed by atoms with van der Waals surface area (Å²) in [5.74, 6) is -0.607. The average molecular weight is 266 g/mol. The lowest BCUT2D eigenvalue weighted by atomic mass is 10.1. The summed E-state index contributed by atoms with van der Waals surface area (Å²) in [5.41, 5.74) is 5.82. The number of benzene rings is 1. The Balaban J connectivity index is 2.19. The molecule has 0 spiro atoms. The molecule has 0 fully saturated rings. The number of amides is 1. The summed E-state index contributed by atoms with van der Waals surface area (Å²) in [6.45, 7) is 0. The van der Waals surface area contributed by atoms with Gasteiger partial charge in [0, 0.05) is 11.9 Å². The van der Waals surface area contributed by atoms with Crippen molar-refractivity contribution in [3.63, 3.8) is 0 Å². The fourth-order valence-corrected chi connectivity index (χ4v) is 1.49. The lowest BCUT2D eigenvalue weighted by Gasteiger charge is -2.06. The highest BCUT2D eigenvalue weighted by atomic mass is 35.5. The van der Waals surface area contributed by atoms with Gasteiger partial charge >= 0.3 is 0 Å². The molecule has 92 valence electrons. The SMILES string of the molecule is Nc1cc(F)ccc1C(=O)Nc1ccc(Cl)cn1. The minimum absolute atomic E-state index is 0.0708. The summed E-state index contributed by atoms with van der Waals surface area (Å²) in [4.78, 5) is 15.8. The quantitative estimate of drug-likeness (QED) is 0.821. The number of halogens is 2. The van der Waals surface area contributed by atoms with Crippen LogP contribution in [0.15, 0.2) is 36.5 Å². The fraction of sp³-hybridized carbons (Fsp3) is 0. The second-order valence-corrected chi connectivity index (χ2v) is 3.98. The highest BCUT2D eigenvalue weighted by Crippen LogP contribution is 2.16. The molecule has 6 heteroatoms. The van der Waals surface area contributed by atoms with Crippen molar-refractivity contribution in [3.05, 3.63) is 52.9 Å². The predicted molar refractivity (Wildman–Crippen MR) is 68.0 cm³/mol. The lowest BCUT2D eigenvalue weighted by molar-refractivity contribution is 0.102. The van der Waals surface area contributed by atoms with E-state index in [2.05, 4.69) is 10.3 Å². The van der Waals surface area contributed by atoms with Crippen LogP contribution >= 0.6 is 11.6 Å². The first kappa shape index (κ1) is 12.3. The van der Waals surface area contributed by atoms with E-state index in [1.165, 1.54) is 18.3 Å². The number of nitrogens with one attached hydrogen (secondary N) is 1. The smallest absolute Gasteiger partial charge is 0.258 e. The zero-order chi connectivity index (χ0) is 13.1. The van der Waals surface area contributed by atoms with E-state index in [1.807, 2.05) is 0 Å². The Labute approximate surface area is 108 Å². The third kappa shape index (κ3) is 2.75. The van der Waals surface area contributed by atoms with Gasteiger partial charge in [-0.25, -0.2) is 9.37 Å². The Hall–Kier alpha value is -2.14. The van der Waals surface area contributed by atoms with E-state index in [0.717, 1.165) is 6.07 Å². The largest absolute Gasteiger partial charge is 0.398 e. The summed E-state index contributed by atoms with van der Waals surface area (Å²) in [5, 5.41) is 3.00. The zero-order valence-corrected chi connectivity index (χ0v) is 9.91. The van der Waals surface area contributed by atoms with Crippen molar-refractivity contribution in [2.75, 3.05) is 11.1 Å². The summed E-state index contributed by atoms with van der Waals surface area (Å²) in [6, 6.07) is 6.72. The number of pyridine rings is 1. The maximum Gasteiger partial charge on any atom is 0.258 e. The van der Waals surface area contributed by atoms with Crippen molar-refractivity contribution in [1.29, 1.82) is 0 Å². The number of carbonyl (C=O) groups excluding carboxylic acids is 1. The first-order chi connectivity index (χ1) is 8.56. The van der Waals surface area contributed by atoms with E-state index < -0.39 is 11.7 Å². The average Bonchev–Trinajstić information content (AvgIpc) is 2.32. The molecular formula is C12H9ClFN3O. The van der Waals surface area contributed by atoms with Gasteiger partial charge in [0.1, 0.15) is 11.6 Å². The molecule has 0 saturated heterocycles. The van der Waals surface area contributed by atoms with Crippen LogP contribution in [0.1, 0.15) is 10.4 Å². The third-order valence-electron chi connectivity index (χ3n) is 2.23. The van der Waals surface area contributed by atoms with Crippen LogP contribution in [0.4, 0.5) is 15.9 Å². The molecule has 0 bridgehead atoms. The zero-order valence-electron chi connectivity index (χ0n) is 9.15. The fourth-order valence-electron chi connectivity index (χ4n) is 1.37. The molecule has 3 N–H and O–H groups in total. The number of hydrogen-bond acceptors (Lipinski definition) is 3. The van der Waals surface area contributed by atoms with E-state index >= 15 is 0 Å². The van der Waals surface area contributed by atoms with Crippen LogP contribution in [0.25, 0.3) is 0 Å². The highest BCUT2D eigenvalue weighted by Gasteiger charge is 2.11. The van der Waals surface area contributed by atoms with Gasteiger partial charge in [-0.3, -0.25) is 4.79 Å². The molecule has 18 heavy (non-hydrogen) atoms. The van der Waals surface area contributed by atoms with Crippen LogP contribution < -0.4 is 11.1 Å². The Bertz CT molecular complexity index is 586. The van der Waals surface area contributed by atoms with E-state index in [-0.39, 0.29) is 11.3 Å². The van der Waals surface area contributed by atoms with Crippen LogP contribution in [0.5, 0.6) is 0 Å². The van der Waals surface area contributed by atoms with E-state index in [0.29, 0.717) is 10.8 Å². The molecular weight excluding hydrogens is 257 g/mol. The van der Waals surface area contributed by atoms with Crippen molar-refractivity contribution in [3.8, 4) is 0 Å². The van der Waals surface area contributed by atoms with Gasteiger partial charge in [0.15, 0.2) is 0 Å². The first-order valence-corrected chi connectivity index (χ1v) is 5.42. The van der Waals surface area contributed by atoms with E-state index in [1.54, 1.807) is 12.1 Å². The number of carbonyl (C=O) groups is 1. The Morgan fingerprint density at radius 3 is 2.72 bits per heavy atom. The molecule has 0 radical (unpaired) electrons. The molecule has 1 aromatic heterocycles. The molecule has 4 nitrogen and oxygen atoms in total. The van der Waals surface area contributed by atoms with Crippen molar-refractivity contribution in [2.45, 2.75) is 0 Å². The van der Waals surface area contributed by atoms with Crippen LogP contribution in [-0.4, -0.2) is 10.9 Å². The standard InChI is InChI=1S/C12H9ClFN3O/c13-7-1-4-11(16-6-7)17-12(18)9-3-2-8(14)5-10(9)15/h1-6H,15H2,(H,16,17,18). The van der Waals surface area contributed by atoms with Crippen molar-refractivity contribution in [2.24, 2.45) is 0 Å². The lowest BCUT2D eigenvalue weighted by Crippen LogP contribution is -2.14. The van der Waals surface area contributed by atoms with Crippen LogP contribution in [0, 0.1) is 5.82 Å².